The first-order valence-electron chi connectivity index (χ1n) is 11.0. The van der Waals surface area contributed by atoms with Crippen molar-refractivity contribution in [3.05, 3.63) is 105 Å². The molecule has 1 N–H and O–H groups in total. The summed E-state index contributed by atoms with van der Waals surface area (Å²) in [6, 6.07) is 16.3. The highest BCUT2D eigenvalue weighted by Crippen LogP contribution is 2.29. The molecule has 4 rings (SSSR count). The zero-order valence-corrected chi connectivity index (χ0v) is 19.4. The predicted molar refractivity (Wildman–Crippen MR) is 128 cm³/mol. The highest BCUT2D eigenvalue weighted by atomic mass is 19.4. The van der Waals surface area contributed by atoms with E-state index in [1.54, 1.807) is 42.5 Å². The van der Waals surface area contributed by atoms with Crippen LogP contribution in [0.15, 0.2) is 82.4 Å². The van der Waals surface area contributed by atoms with Gasteiger partial charge in [0.2, 0.25) is 5.91 Å². The predicted octanol–water partition coefficient (Wildman–Crippen LogP) is 4.06. The van der Waals surface area contributed by atoms with E-state index < -0.39 is 34.9 Å². The van der Waals surface area contributed by atoms with E-state index in [-0.39, 0.29) is 28.7 Å². The Morgan fingerprint density at radius 2 is 1.72 bits per heavy atom. The number of rotatable bonds is 6. The molecule has 0 unspecified atom stereocenters. The number of nitrogens with zero attached hydrogens (tertiary/aromatic N) is 2. The zero-order valence-electron chi connectivity index (χ0n) is 19.4. The third kappa shape index (κ3) is 4.74. The van der Waals surface area contributed by atoms with Crippen molar-refractivity contribution in [2.45, 2.75) is 25.7 Å². The maximum absolute atomic E-state index is 13.6. The van der Waals surface area contributed by atoms with Crippen molar-refractivity contribution < 1.29 is 22.7 Å². The van der Waals surface area contributed by atoms with Crippen molar-refractivity contribution in [3.8, 4) is 11.4 Å². The molecule has 4 aromatic rings. The Morgan fingerprint density at radius 1 is 1.00 bits per heavy atom. The molecular weight excluding hydrogens is 475 g/mol. The third-order valence-electron chi connectivity index (χ3n) is 5.79. The van der Waals surface area contributed by atoms with Crippen LogP contribution in [-0.2, 0) is 17.5 Å². The van der Waals surface area contributed by atoms with Crippen molar-refractivity contribution in [1.29, 1.82) is 0 Å². The van der Waals surface area contributed by atoms with Crippen LogP contribution >= 0.6 is 0 Å². The molecule has 186 valence electrons. The Morgan fingerprint density at radius 3 is 2.44 bits per heavy atom. The molecule has 1 amide bonds. The number of para-hydroxylation sites is 1. The molecule has 10 heteroatoms. The fourth-order valence-corrected chi connectivity index (χ4v) is 3.95. The number of nitrogens with one attached hydrogen (secondary N) is 1. The fraction of sp³-hybridized carbons (Fsp3) is 0.192. The lowest BCUT2D eigenvalue weighted by Gasteiger charge is -2.20. The van der Waals surface area contributed by atoms with E-state index in [0.29, 0.717) is 5.75 Å². The number of alkyl halides is 3. The van der Waals surface area contributed by atoms with E-state index >= 15 is 0 Å². The molecule has 0 spiro atoms. The zero-order chi connectivity index (χ0) is 26.0. The van der Waals surface area contributed by atoms with Crippen LogP contribution in [0.4, 0.5) is 13.2 Å². The Hall–Kier alpha value is -4.34. The summed E-state index contributed by atoms with van der Waals surface area (Å²) in [7, 11) is 1.46. The van der Waals surface area contributed by atoms with Crippen LogP contribution in [0.3, 0.4) is 0 Å². The lowest BCUT2D eigenvalue weighted by atomic mass is 10.1. The van der Waals surface area contributed by atoms with Crippen LogP contribution in [0.1, 0.15) is 24.1 Å². The number of carbonyl (C=O) groups excluding carboxylic acids is 1. The number of hydrogen-bond acceptors (Lipinski definition) is 4. The third-order valence-corrected chi connectivity index (χ3v) is 5.79. The second kappa shape index (κ2) is 9.73. The van der Waals surface area contributed by atoms with Gasteiger partial charge in [-0.25, -0.2) is 9.36 Å². The number of benzene rings is 3. The molecule has 1 heterocycles. The van der Waals surface area contributed by atoms with Crippen LogP contribution in [-0.4, -0.2) is 22.2 Å². The van der Waals surface area contributed by atoms with E-state index in [9.17, 15) is 27.6 Å². The lowest BCUT2D eigenvalue weighted by molar-refractivity contribution is -0.137. The summed E-state index contributed by atoms with van der Waals surface area (Å²) in [6.45, 7) is 1.31. The molecule has 0 saturated carbocycles. The number of methoxy groups -OCH3 is 1. The molecular formula is C26H22F3N3O4. The molecule has 1 aromatic heterocycles. The lowest BCUT2D eigenvalue weighted by Crippen LogP contribution is -2.43. The maximum Gasteiger partial charge on any atom is 0.416 e. The van der Waals surface area contributed by atoms with Crippen LogP contribution in [0.25, 0.3) is 16.6 Å². The van der Waals surface area contributed by atoms with Crippen molar-refractivity contribution in [1.82, 2.24) is 14.5 Å². The topological polar surface area (TPSA) is 82.3 Å². The number of fused-ring (bicyclic) bond motifs is 1. The smallest absolute Gasteiger partial charge is 0.416 e. The molecule has 7 nitrogen and oxygen atoms in total. The van der Waals surface area contributed by atoms with E-state index in [1.807, 2.05) is 0 Å². The summed E-state index contributed by atoms with van der Waals surface area (Å²) >= 11 is 0. The van der Waals surface area contributed by atoms with Gasteiger partial charge in [0, 0.05) is 12.6 Å². The SMILES string of the molecule is COc1cccc(-n2c(=O)c3ccccc3n([C@@H](C)C(=O)NCc3cccc(C(F)(F)F)c3)c2=O)c1. The second-order valence-corrected chi connectivity index (χ2v) is 8.10. The standard InChI is InChI=1S/C26H22F3N3O4/c1-16(23(33)30-15-17-7-5-8-18(13-17)26(27,28)29)31-22-12-4-3-11-21(22)24(34)32(25(31)35)19-9-6-10-20(14-19)36-2/h3-14,16H,15H2,1-2H3,(H,30,33)/t16-/m0/s1. The van der Waals surface area contributed by atoms with E-state index in [1.165, 1.54) is 36.8 Å². The summed E-state index contributed by atoms with van der Waals surface area (Å²) < 4.78 is 46.4. The van der Waals surface area contributed by atoms with E-state index in [2.05, 4.69) is 5.32 Å². The number of ether oxygens (including phenoxy) is 1. The van der Waals surface area contributed by atoms with Gasteiger partial charge in [-0.3, -0.25) is 14.2 Å². The molecule has 0 aliphatic heterocycles. The van der Waals surface area contributed by atoms with Gasteiger partial charge in [-0.1, -0.05) is 30.3 Å². The van der Waals surface area contributed by atoms with Crippen molar-refractivity contribution in [2.24, 2.45) is 0 Å². The van der Waals surface area contributed by atoms with Crippen LogP contribution in [0.2, 0.25) is 0 Å². The Bertz CT molecular complexity index is 1560. The molecule has 3 aromatic carbocycles. The first-order chi connectivity index (χ1) is 17.1. The van der Waals surface area contributed by atoms with Crippen LogP contribution in [0, 0.1) is 0 Å². The molecule has 0 aliphatic carbocycles. The summed E-state index contributed by atoms with van der Waals surface area (Å²) in [5.41, 5.74) is -1.35. The van der Waals surface area contributed by atoms with Gasteiger partial charge in [0.05, 0.1) is 29.3 Å². The van der Waals surface area contributed by atoms with E-state index in [4.69, 9.17) is 4.74 Å². The van der Waals surface area contributed by atoms with Gasteiger partial charge in [-0.2, -0.15) is 13.2 Å². The first-order valence-corrected chi connectivity index (χ1v) is 11.0. The van der Waals surface area contributed by atoms with Gasteiger partial charge in [-0.05, 0) is 48.9 Å². The average Bonchev–Trinajstić information content (AvgIpc) is 2.87. The highest BCUT2D eigenvalue weighted by molar-refractivity contribution is 5.84. The number of aromatic nitrogens is 2. The number of hydrogen-bond donors (Lipinski definition) is 1. The van der Waals surface area contributed by atoms with Crippen molar-refractivity contribution in [3.63, 3.8) is 0 Å². The monoisotopic (exact) mass is 497 g/mol. The van der Waals surface area contributed by atoms with Crippen LogP contribution < -0.4 is 21.3 Å². The Balaban J connectivity index is 1.74. The molecule has 0 fully saturated rings. The summed E-state index contributed by atoms with van der Waals surface area (Å²) in [4.78, 5) is 39.8. The Kier molecular flexibility index (Phi) is 6.69. The van der Waals surface area contributed by atoms with E-state index in [0.717, 1.165) is 16.7 Å². The fourth-order valence-electron chi connectivity index (χ4n) is 3.95. The Labute approximate surface area is 203 Å². The number of carbonyl (C=O) groups is 1. The van der Waals surface area contributed by atoms with Gasteiger partial charge in [0.15, 0.2) is 0 Å². The van der Waals surface area contributed by atoms with Gasteiger partial charge >= 0.3 is 11.9 Å². The van der Waals surface area contributed by atoms with Crippen molar-refractivity contribution in [2.75, 3.05) is 7.11 Å². The largest absolute Gasteiger partial charge is 0.497 e. The second-order valence-electron chi connectivity index (χ2n) is 8.10. The summed E-state index contributed by atoms with van der Waals surface area (Å²) in [5, 5.41) is 2.81. The van der Waals surface area contributed by atoms with Crippen molar-refractivity contribution >= 4 is 16.8 Å². The van der Waals surface area contributed by atoms with Gasteiger partial charge < -0.3 is 10.1 Å². The average molecular weight is 497 g/mol. The molecule has 1 atom stereocenters. The molecule has 0 saturated heterocycles. The normalized spacial score (nSPS) is 12.4. The first kappa shape index (κ1) is 24.8. The quantitative estimate of drug-likeness (QED) is 0.436. The van der Waals surface area contributed by atoms with Gasteiger partial charge in [-0.15, -0.1) is 0 Å². The van der Waals surface area contributed by atoms with Crippen LogP contribution in [0.5, 0.6) is 5.75 Å². The summed E-state index contributed by atoms with van der Waals surface area (Å²) in [6.07, 6.45) is -4.51. The minimum Gasteiger partial charge on any atom is -0.497 e. The molecule has 0 radical (unpaired) electrons. The summed E-state index contributed by atoms with van der Waals surface area (Å²) in [5.74, 6) is -0.166. The molecule has 0 bridgehead atoms. The highest BCUT2D eigenvalue weighted by Gasteiger charge is 2.30. The van der Waals surface area contributed by atoms with Gasteiger partial charge in [0.1, 0.15) is 11.8 Å². The number of amides is 1. The molecule has 0 aliphatic rings. The van der Waals surface area contributed by atoms with Gasteiger partial charge in [0.25, 0.3) is 5.56 Å². The minimum absolute atomic E-state index is 0.171. The molecule has 36 heavy (non-hydrogen) atoms. The minimum atomic E-state index is -4.51. The maximum atomic E-state index is 13.6. The number of halogens is 3.